The van der Waals surface area contributed by atoms with Crippen molar-refractivity contribution >= 4 is 21.8 Å². The third-order valence-electron chi connectivity index (χ3n) is 3.04. The highest BCUT2D eigenvalue weighted by Gasteiger charge is 2.34. The number of benzene rings is 1. The number of carbonyl (C=O) groups excluding carboxylic acids is 1. The minimum Gasteiger partial charge on any atom is -0.349 e. The predicted molar refractivity (Wildman–Crippen MR) is 67.6 cm³/mol. The zero-order valence-electron chi connectivity index (χ0n) is 9.80. The summed E-state index contributed by atoms with van der Waals surface area (Å²) in [5.41, 5.74) is 4.72. The number of amides is 1. The van der Waals surface area contributed by atoms with Gasteiger partial charge in [-0.25, -0.2) is 0 Å². The van der Waals surface area contributed by atoms with Gasteiger partial charge in [0.15, 0.2) is 0 Å². The van der Waals surface area contributed by atoms with Gasteiger partial charge in [0.1, 0.15) is 0 Å². The van der Waals surface area contributed by atoms with Gasteiger partial charge in [0.2, 0.25) is 0 Å². The lowest BCUT2D eigenvalue weighted by molar-refractivity contribution is -0.138. The van der Waals surface area contributed by atoms with Crippen molar-refractivity contribution in [2.45, 2.75) is 31.1 Å². The van der Waals surface area contributed by atoms with E-state index in [-0.39, 0.29) is 22.1 Å². The standard InChI is InChI=1S/C12H12BrF3N2O/c13-10-2-1-6(3-9(10)12(14,15)16)11(19)18-8-4-7(17)5-8/h1-3,7-8H,4-5,17H2,(H,18,19). The van der Waals surface area contributed by atoms with E-state index in [1.165, 1.54) is 12.1 Å². The van der Waals surface area contributed by atoms with Crippen molar-refractivity contribution in [2.24, 2.45) is 5.73 Å². The summed E-state index contributed by atoms with van der Waals surface area (Å²) in [5, 5.41) is 2.66. The average molecular weight is 337 g/mol. The Labute approximate surface area is 116 Å². The Morgan fingerprint density at radius 1 is 1.37 bits per heavy atom. The van der Waals surface area contributed by atoms with Crippen molar-refractivity contribution in [3.63, 3.8) is 0 Å². The van der Waals surface area contributed by atoms with Crippen LogP contribution in [0.25, 0.3) is 0 Å². The third kappa shape index (κ3) is 3.27. The average Bonchev–Trinajstić information content (AvgIpc) is 2.25. The van der Waals surface area contributed by atoms with Gasteiger partial charge in [-0.05, 0) is 31.0 Å². The highest BCUT2D eigenvalue weighted by molar-refractivity contribution is 9.10. The van der Waals surface area contributed by atoms with Crippen LogP contribution in [-0.4, -0.2) is 18.0 Å². The first-order chi connectivity index (χ1) is 8.77. The van der Waals surface area contributed by atoms with E-state index in [0.29, 0.717) is 12.8 Å². The smallest absolute Gasteiger partial charge is 0.349 e. The van der Waals surface area contributed by atoms with E-state index >= 15 is 0 Å². The highest BCUT2D eigenvalue weighted by Crippen LogP contribution is 2.35. The summed E-state index contributed by atoms with van der Waals surface area (Å²) in [5.74, 6) is -0.505. The van der Waals surface area contributed by atoms with Crippen molar-refractivity contribution in [1.82, 2.24) is 5.32 Å². The molecule has 1 amide bonds. The second kappa shape index (κ2) is 5.13. The quantitative estimate of drug-likeness (QED) is 0.872. The number of hydrogen-bond acceptors (Lipinski definition) is 2. The molecular weight excluding hydrogens is 325 g/mol. The van der Waals surface area contributed by atoms with Crippen LogP contribution in [0.5, 0.6) is 0 Å². The van der Waals surface area contributed by atoms with Gasteiger partial charge in [-0.15, -0.1) is 0 Å². The maximum atomic E-state index is 12.7. The second-order valence-electron chi connectivity index (χ2n) is 4.59. The molecular formula is C12H12BrF3N2O. The Morgan fingerprint density at radius 3 is 2.53 bits per heavy atom. The summed E-state index contributed by atoms with van der Waals surface area (Å²) < 4.78 is 38.0. The van der Waals surface area contributed by atoms with Gasteiger partial charge < -0.3 is 11.1 Å². The topological polar surface area (TPSA) is 55.1 Å². The highest BCUT2D eigenvalue weighted by atomic mass is 79.9. The van der Waals surface area contributed by atoms with Crippen molar-refractivity contribution < 1.29 is 18.0 Å². The zero-order chi connectivity index (χ0) is 14.2. The SMILES string of the molecule is NC1CC(NC(=O)c2ccc(Br)c(C(F)(F)F)c2)C1. The van der Waals surface area contributed by atoms with Gasteiger partial charge in [0, 0.05) is 22.1 Å². The maximum absolute atomic E-state index is 12.7. The normalized spacial score (nSPS) is 22.8. The third-order valence-corrected chi connectivity index (χ3v) is 3.74. The molecule has 0 aliphatic heterocycles. The lowest BCUT2D eigenvalue weighted by Crippen LogP contribution is -2.50. The minimum atomic E-state index is -4.49. The number of rotatable bonds is 2. The van der Waals surface area contributed by atoms with E-state index in [2.05, 4.69) is 21.2 Å². The number of nitrogens with one attached hydrogen (secondary N) is 1. The lowest BCUT2D eigenvalue weighted by Gasteiger charge is -2.33. The molecule has 1 fully saturated rings. The summed E-state index contributed by atoms with van der Waals surface area (Å²) in [6, 6.07) is 3.46. The fourth-order valence-electron chi connectivity index (χ4n) is 1.93. The van der Waals surface area contributed by atoms with Crippen molar-refractivity contribution in [2.75, 3.05) is 0 Å². The minimum absolute atomic E-state index is 0.00371. The molecule has 3 N–H and O–H groups in total. The Kier molecular flexibility index (Phi) is 3.87. The van der Waals surface area contributed by atoms with Gasteiger partial charge in [0.05, 0.1) is 5.56 Å². The molecule has 19 heavy (non-hydrogen) atoms. The molecule has 0 atom stereocenters. The molecule has 7 heteroatoms. The largest absolute Gasteiger partial charge is 0.417 e. The van der Waals surface area contributed by atoms with E-state index in [1.807, 2.05) is 0 Å². The number of alkyl halides is 3. The number of halogens is 4. The van der Waals surface area contributed by atoms with Crippen LogP contribution in [0.1, 0.15) is 28.8 Å². The molecule has 0 radical (unpaired) electrons. The molecule has 0 saturated heterocycles. The van der Waals surface area contributed by atoms with Crippen LogP contribution in [0.15, 0.2) is 22.7 Å². The second-order valence-corrected chi connectivity index (χ2v) is 5.45. The van der Waals surface area contributed by atoms with E-state index < -0.39 is 17.6 Å². The van der Waals surface area contributed by atoms with E-state index in [9.17, 15) is 18.0 Å². The molecule has 3 nitrogen and oxygen atoms in total. The van der Waals surface area contributed by atoms with Gasteiger partial charge in [0.25, 0.3) is 5.91 Å². The first-order valence-corrected chi connectivity index (χ1v) is 6.50. The summed E-state index contributed by atoms with van der Waals surface area (Å²) in [6.07, 6.45) is -3.17. The molecule has 2 rings (SSSR count). The Bertz CT molecular complexity index is 498. The molecule has 1 aliphatic rings. The lowest BCUT2D eigenvalue weighted by atomic mass is 9.87. The molecule has 0 aromatic heterocycles. The fraction of sp³-hybridized carbons (Fsp3) is 0.417. The van der Waals surface area contributed by atoms with Crippen LogP contribution in [-0.2, 0) is 6.18 Å². The van der Waals surface area contributed by atoms with Crippen molar-refractivity contribution in [1.29, 1.82) is 0 Å². The Balaban J connectivity index is 2.14. The summed E-state index contributed by atoms with van der Waals surface area (Å²) in [4.78, 5) is 11.8. The molecule has 1 aliphatic carbocycles. The van der Waals surface area contributed by atoms with Gasteiger partial charge in [-0.1, -0.05) is 15.9 Å². The molecule has 1 aromatic carbocycles. The van der Waals surface area contributed by atoms with Gasteiger partial charge >= 0.3 is 6.18 Å². The first kappa shape index (κ1) is 14.3. The number of hydrogen-bond donors (Lipinski definition) is 2. The number of nitrogens with two attached hydrogens (primary N) is 1. The van der Waals surface area contributed by atoms with Gasteiger partial charge in [-0.3, -0.25) is 4.79 Å². The number of carbonyl (C=O) groups is 1. The van der Waals surface area contributed by atoms with Crippen LogP contribution < -0.4 is 11.1 Å². The van der Waals surface area contributed by atoms with Crippen LogP contribution in [0.4, 0.5) is 13.2 Å². The molecule has 1 saturated carbocycles. The van der Waals surface area contributed by atoms with Crippen LogP contribution >= 0.6 is 15.9 Å². The Hall–Kier alpha value is -1.08. The molecule has 1 aromatic rings. The van der Waals surface area contributed by atoms with E-state index in [0.717, 1.165) is 6.07 Å². The monoisotopic (exact) mass is 336 g/mol. The molecule has 0 bridgehead atoms. The van der Waals surface area contributed by atoms with Crippen molar-refractivity contribution in [3.05, 3.63) is 33.8 Å². The fourth-order valence-corrected chi connectivity index (χ4v) is 2.40. The molecule has 0 unspecified atom stereocenters. The molecule has 0 spiro atoms. The molecule has 0 heterocycles. The van der Waals surface area contributed by atoms with Crippen molar-refractivity contribution in [3.8, 4) is 0 Å². The Morgan fingerprint density at radius 2 is 2.00 bits per heavy atom. The first-order valence-electron chi connectivity index (χ1n) is 5.70. The van der Waals surface area contributed by atoms with Crippen LogP contribution in [0.3, 0.4) is 0 Å². The summed E-state index contributed by atoms with van der Waals surface area (Å²) >= 11 is 2.83. The summed E-state index contributed by atoms with van der Waals surface area (Å²) in [6.45, 7) is 0. The van der Waals surface area contributed by atoms with Crippen LogP contribution in [0, 0.1) is 0 Å². The zero-order valence-corrected chi connectivity index (χ0v) is 11.4. The van der Waals surface area contributed by atoms with E-state index in [1.54, 1.807) is 0 Å². The maximum Gasteiger partial charge on any atom is 0.417 e. The van der Waals surface area contributed by atoms with Crippen LogP contribution in [0.2, 0.25) is 0 Å². The molecule has 104 valence electrons. The summed E-state index contributed by atoms with van der Waals surface area (Å²) in [7, 11) is 0. The van der Waals surface area contributed by atoms with Gasteiger partial charge in [-0.2, -0.15) is 13.2 Å². The predicted octanol–water partition coefficient (Wildman–Crippen LogP) is 2.69. The van der Waals surface area contributed by atoms with E-state index in [4.69, 9.17) is 5.73 Å².